The molecule has 2 aromatic rings. The van der Waals surface area contributed by atoms with Crippen LogP contribution in [0.3, 0.4) is 0 Å². The highest BCUT2D eigenvalue weighted by atomic mass is 31.0. The molecule has 1 heterocycles. The minimum atomic E-state index is -0.780. The van der Waals surface area contributed by atoms with Crippen molar-refractivity contribution in [1.82, 2.24) is 4.98 Å². The number of hydrogen-bond acceptors (Lipinski definition) is 3. The van der Waals surface area contributed by atoms with Gasteiger partial charge in [0, 0.05) is 24.1 Å². The van der Waals surface area contributed by atoms with E-state index >= 15 is 0 Å². The van der Waals surface area contributed by atoms with Crippen LogP contribution in [0.15, 0.2) is 12.1 Å². The second-order valence-electron chi connectivity index (χ2n) is 10.0. The van der Waals surface area contributed by atoms with Crippen molar-refractivity contribution in [3.8, 4) is 11.3 Å². The quantitative estimate of drug-likeness (QED) is 0.672. The first-order valence-corrected chi connectivity index (χ1v) is 11.1. The molecule has 0 bridgehead atoms. The summed E-state index contributed by atoms with van der Waals surface area (Å²) < 4.78 is 0. The van der Waals surface area contributed by atoms with Crippen molar-refractivity contribution in [2.45, 2.75) is 82.6 Å². The molecular formula is C24H30NO2P. The molecule has 0 aliphatic heterocycles. The van der Waals surface area contributed by atoms with Crippen LogP contribution in [0.2, 0.25) is 0 Å². The van der Waals surface area contributed by atoms with Gasteiger partial charge in [0.2, 0.25) is 0 Å². The van der Waals surface area contributed by atoms with Crippen LogP contribution >= 0.6 is 9.24 Å². The molecule has 0 saturated heterocycles. The molecule has 4 heteroatoms. The van der Waals surface area contributed by atoms with Gasteiger partial charge in [-0.25, -0.2) is 0 Å². The van der Waals surface area contributed by atoms with Crippen LogP contribution in [0, 0.1) is 6.92 Å². The first-order chi connectivity index (χ1) is 13.1. The summed E-state index contributed by atoms with van der Waals surface area (Å²) in [5, 5.41) is 21.6. The van der Waals surface area contributed by atoms with Gasteiger partial charge in [0.05, 0.1) is 17.4 Å². The first-order valence-electron chi connectivity index (χ1n) is 10.5. The van der Waals surface area contributed by atoms with Crippen molar-refractivity contribution in [3.05, 3.63) is 51.2 Å². The number of aliphatic hydroxyl groups excluding tert-OH is 1. The Morgan fingerprint density at radius 1 is 1.04 bits per heavy atom. The number of hydrogen-bond donors (Lipinski definition) is 2. The summed E-state index contributed by atoms with van der Waals surface area (Å²) in [7, 11) is 3.02. The van der Waals surface area contributed by atoms with Crippen molar-refractivity contribution in [2.24, 2.45) is 0 Å². The molecule has 0 amide bonds. The highest BCUT2D eigenvalue weighted by Crippen LogP contribution is 2.43. The summed E-state index contributed by atoms with van der Waals surface area (Å²) in [5.41, 5.74) is 10.2. The van der Waals surface area contributed by atoms with E-state index < -0.39 is 5.60 Å². The Balaban J connectivity index is 1.76. The molecule has 1 aromatic heterocycles. The Morgan fingerprint density at radius 2 is 1.75 bits per heavy atom. The summed E-state index contributed by atoms with van der Waals surface area (Å²) in [6.45, 7) is 6.43. The van der Waals surface area contributed by atoms with Crippen LogP contribution in [0.5, 0.6) is 0 Å². The van der Waals surface area contributed by atoms with E-state index in [4.69, 9.17) is 4.98 Å². The standard InChI is InChI=1S/C24H30NO2P/c1-13-19-9-18(26)8-15(19)7-16-10-23(2,27)11-17-6-14-4-5-24(3,28)12-20(14)25-22(17)21(13)16/h6-7,18,26-27H,4-5,8-12,28H2,1-3H3. The summed E-state index contributed by atoms with van der Waals surface area (Å²) in [6.07, 6.45) is 5.64. The number of fused-ring (bicyclic) bond motifs is 5. The van der Waals surface area contributed by atoms with Crippen molar-refractivity contribution in [1.29, 1.82) is 0 Å². The second kappa shape index (κ2) is 6.11. The maximum absolute atomic E-state index is 11.1. The van der Waals surface area contributed by atoms with E-state index in [1.165, 1.54) is 44.6 Å². The Bertz CT molecular complexity index is 993. The molecule has 5 rings (SSSR count). The third kappa shape index (κ3) is 3.03. The Kier molecular flexibility index (Phi) is 4.09. The summed E-state index contributed by atoms with van der Waals surface area (Å²) in [5.74, 6) is 0. The SMILES string of the molecule is Cc1c2c(cc3c1-c1nc4c(cc1CC(C)(O)C3)CCC(C)(P)C4)CC(O)C2. The van der Waals surface area contributed by atoms with Crippen molar-refractivity contribution in [3.63, 3.8) is 0 Å². The number of aryl methyl sites for hydroxylation is 1. The van der Waals surface area contributed by atoms with Crippen LogP contribution in [0.1, 0.15) is 59.3 Å². The molecule has 4 unspecified atom stereocenters. The maximum atomic E-state index is 11.1. The molecular weight excluding hydrogens is 365 g/mol. The molecule has 2 N–H and O–H groups in total. The van der Waals surface area contributed by atoms with Crippen molar-refractivity contribution < 1.29 is 10.2 Å². The lowest BCUT2D eigenvalue weighted by Gasteiger charge is -2.31. The molecule has 148 valence electrons. The molecule has 0 radical (unpaired) electrons. The summed E-state index contributed by atoms with van der Waals surface area (Å²) in [6, 6.07) is 4.56. The fourth-order valence-electron chi connectivity index (χ4n) is 5.63. The zero-order chi connectivity index (χ0) is 19.8. The van der Waals surface area contributed by atoms with E-state index in [1.807, 2.05) is 6.92 Å². The van der Waals surface area contributed by atoms with Gasteiger partial charge in [0.1, 0.15) is 0 Å². The average Bonchev–Trinajstić information content (AvgIpc) is 2.89. The van der Waals surface area contributed by atoms with Crippen LogP contribution in [-0.4, -0.2) is 32.1 Å². The zero-order valence-corrected chi connectivity index (χ0v) is 18.3. The van der Waals surface area contributed by atoms with Gasteiger partial charge in [0.25, 0.3) is 0 Å². The molecule has 0 fully saturated rings. The fraction of sp³-hybridized carbons (Fsp3) is 0.542. The van der Waals surface area contributed by atoms with Crippen LogP contribution in [0.25, 0.3) is 11.3 Å². The van der Waals surface area contributed by atoms with Gasteiger partial charge >= 0.3 is 0 Å². The summed E-state index contributed by atoms with van der Waals surface area (Å²) >= 11 is 0. The van der Waals surface area contributed by atoms with Gasteiger partial charge in [-0.1, -0.05) is 19.1 Å². The molecule has 28 heavy (non-hydrogen) atoms. The smallest absolute Gasteiger partial charge is 0.0744 e. The number of rotatable bonds is 0. The summed E-state index contributed by atoms with van der Waals surface area (Å²) in [4.78, 5) is 5.23. The molecule has 3 nitrogen and oxygen atoms in total. The molecule has 4 atom stereocenters. The third-order valence-corrected chi connectivity index (χ3v) is 7.46. The normalized spacial score (nSPS) is 30.9. The van der Waals surface area contributed by atoms with Crippen molar-refractivity contribution in [2.75, 3.05) is 0 Å². The predicted octanol–water partition coefficient (Wildman–Crippen LogP) is 3.49. The minimum Gasteiger partial charge on any atom is -0.392 e. The number of nitrogens with zero attached hydrogens (tertiary/aromatic N) is 1. The molecule has 1 aromatic carbocycles. The topological polar surface area (TPSA) is 53.4 Å². The molecule has 0 saturated carbocycles. The molecule has 3 aliphatic rings. The highest BCUT2D eigenvalue weighted by Gasteiger charge is 2.35. The van der Waals surface area contributed by atoms with E-state index in [1.54, 1.807) is 0 Å². The van der Waals surface area contributed by atoms with Crippen molar-refractivity contribution >= 4 is 9.24 Å². The maximum Gasteiger partial charge on any atom is 0.0744 e. The van der Waals surface area contributed by atoms with Gasteiger partial charge in [-0.3, -0.25) is 4.98 Å². The van der Waals surface area contributed by atoms with Gasteiger partial charge in [0.15, 0.2) is 0 Å². The van der Waals surface area contributed by atoms with E-state index in [0.29, 0.717) is 12.8 Å². The van der Waals surface area contributed by atoms with E-state index in [2.05, 4.69) is 35.2 Å². The predicted molar refractivity (Wildman–Crippen MR) is 116 cm³/mol. The lowest BCUT2D eigenvalue weighted by Crippen LogP contribution is -2.30. The molecule has 0 spiro atoms. The number of benzene rings is 1. The Hall–Kier alpha value is -1.28. The van der Waals surface area contributed by atoms with Gasteiger partial charge in [-0.05, 0) is 84.5 Å². The lowest BCUT2D eigenvalue weighted by molar-refractivity contribution is 0.0618. The van der Waals surface area contributed by atoms with Crippen LogP contribution in [-0.2, 0) is 38.5 Å². The highest BCUT2D eigenvalue weighted by molar-refractivity contribution is 7.18. The largest absolute Gasteiger partial charge is 0.392 e. The number of aliphatic hydroxyl groups is 2. The van der Waals surface area contributed by atoms with Gasteiger partial charge in [-0.15, -0.1) is 9.24 Å². The van der Waals surface area contributed by atoms with E-state index in [9.17, 15) is 10.2 Å². The Labute approximate surface area is 169 Å². The number of pyridine rings is 1. The number of aromatic nitrogens is 1. The lowest BCUT2D eigenvalue weighted by atomic mass is 9.84. The third-order valence-electron chi connectivity index (χ3n) is 6.97. The van der Waals surface area contributed by atoms with Gasteiger partial charge < -0.3 is 10.2 Å². The Morgan fingerprint density at radius 3 is 2.54 bits per heavy atom. The van der Waals surface area contributed by atoms with Crippen LogP contribution in [0.4, 0.5) is 0 Å². The fourth-order valence-corrected chi connectivity index (χ4v) is 5.97. The average molecular weight is 395 g/mol. The van der Waals surface area contributed by atoms with Crippen LogP contribution < -0.4 is 0 Å². The minimum absolute atomic E-state index is 0.213. The van der Waals surface area contributed by atoms with Gasteiger partial charge in [-0.2, -0.15) is 0 Å². The monoisotopic (exact) mass is 395 g/mol. The molecule has 3 aliphatic carbocycles. The zero-order valence-electron chi connectivity index (χ0n) is 17.1. The first kappa shape index (κ1) is 18.7. The second-order valence-corrected chi connectivity index (χ2v) is 11.4. The van der Waals surface area contributed by atoms with E-state index in [-0.39, 0.29) is 11.3 Å². The van der Waals surface area contributed by atoms with E-state index in [0.717, 1.165) is 37.8 Å².